The van der Waals surface area contributed by atoms with Gasteiger partial charge in [-0.15, -0.1) is 0 Å². The van der Waals surface area contributed by atoms with E-state index in [-0.39, 0.29) is 13.2 Å². The smallest absolute Gasteiger partial charge is 0.333 e. The maximum absolute atomic E-state index is 11.4. The number of H-pyrrole nitrogens is 1. The van der Waals surface area contributed by atoms with Crippen molar-refractivity contribution >= 4 is 5.97 Å². The standard InChI is InChI=1S/C27H24N2O3/c1-19(2)27(30)32-18-17-31-23-15-13-21(14-16-23)25-24(20-9-5-3-6-10-20)28-26(29-25)22-11-7-4-8-12-22/h3-16H,1,17-18H2,2H3,(H,28,29). The van der Waals surface area contributed by atoms with Crippen LogP contribution in [0.3, 0.4) is 0 Å². The van der Waals surface area contributed by atoms with E-state index >= 15 is 0 Å². The van der Waals surface area contributed by atoms with Crippen LogP contribution in [0.25, 0.3) is 33.9 Å². The van der Waals surface area contributed by atoms with Crippen molar-refractivity contribution in [1.82, 2.24) is 9.97 Å². The van der Waals surface area contributed by atoms with E-state index in [1.165, 1.54) is 0 Å². The molecule has 0 atom stereocenters. The number of hydrogen-bond acceptors (Lipinski definition) is 4. The fourth-order valence-electron chi connectivity index (χ4n) is 3.25. The number of carbonyl (C=O) groups is 1. The van der Waals surface area contributed by atoms with Crippen LogP contribution in [0.1, 0.15) is 6.92 Å². The predicted octanol–water partition coefficient (Wildman–Crippen LogP) is 5.91. The molecule has 0 amide bonds. The van der Waals surface area contributed by atoms with Gasteiger partial charge >= 0.3 is 5.97 Å². The van der Waals surface area contributed by atoms with Gasteiger partial charge < -0.3 is 14.5 Å². The van der Waals surface area contributed by atoms with Crippen LogP contribution >= 0.6 is 0 Å². The number of esters is 1. The summed E-state index contributed by atoms with van der Waals surface area (Å²) in [5.74, 6) is 1.11. The van der Waals surface area contributed by atoms with Gasteiger partial charge in [-0.25, -0.2) is 9.78 Å². The van der Waals surface area contributed by atoms with E-state index in [0.29, 0.717) is 11.3 Å². The van der Waals surface area contributed by atoms with Gasteiger partial charge in [-0.1, -0.05) is 67.2 Å². The number of imidazole rings is 1. The molecule has 5 heteroatoms. The fraction of sp³-hybridized carbons (Fsp3) is 0.111. The second kappa shape index (κ2) is 9.79. The molecule has 3 aromatic carbocycles. The van der Waals surface area contributed by atoms with E-state index in [1.807, 2.05) is 72.8 Å². The zero-order valence-corrected chi connectivity index (χ0v) is 17.9. The summed E-state index contributed by atoms with van der Waals surface area (Å²) in [7, 11) is 0. The number of benzene rings is 3. The fourth-order valence-corrected chi connectivity index (χ4v) is 3.25. The highest BCUT2D eigenvalue weighted by Gasteiger charge is 2.15. The van der Waals surface area contributed by atoms with Gasteiger partial charge in [-0.2, -0.15) is 0 Å². The summed E-state index contributed by atoms with van der Waals surface area (Å²) in [6.07, 6.45) is 0. The third-order valence-electron chi connectivity index (χ3n) is 4.87. The van der Waals surface area contributed by atoms with E-state index in [4.69, 9.17) is 14.5 Å². The van der Waals surface area contributed by atoms with Gasteiger partial charge in [0.1, 0.15) is 24.8 Å². The second-order valence-electron chi connectivity index (χ2n) is 7.33. The van der Waals surface area contributed by atoms with Gasteiger partial charge in [-0.3, -0.25) is 0 Å². The predicted molar refractivity (Wildman–Crippen MR) is 126 cm³/mol. The summed E-state index contributed by atoms with van der Waals surface area (Å²) in [6, 6.07) is 28.0. The molecule has 4 aromatic rings. The van der Waals surface area contributed by atoms with Crippen LogP contribution in [0.2, 0.25) is 0 Å². The van der Waals surface area contributed by atoms with Crippen molar-refractivity contribution in [3.8, 4) is 39.7 Å². The van der Waals surface area contributed by atoms with Crippen molar-refractivity contribution in [2.24, 2.45) is 0 Å². The Labute approximate surface area is 187 Å². The van der Waals surface area contributed by atoms with Crippen molar-refractivity contribution in [2.75, 3.05) is 13.2 Å². The summed E-state index contributed by atoms with van der Waals surface area (Å²) in [5, 5.41) is 0. The highest BCUT2D eigenvalue weighted by molar-refractivity contribution is 5.86. The van der Waals surface area contributed by atoms with Crippen LogP contribution < -0.4 is 4.74 Å². The second-order valence-corrected chi connectivity index (χ2v) is 7.33. The molecule has 0 aliphatic heterocycles. The molecule has 160 valence electrons. The number of nitrogens with zero attached hydrogens (tertiary/aromatic N) is 1. The number of nitrogens with one attached hydrogen (secondary N) is 1. The minimum atomic E-state index is -0.411. The molecule has 0 fully saturated rings. The molecule has 0 unspecified atom stereocenters. The Kier molecular flexibility index (Phi) is 6.46. The number of aromatic amines is 1. The normalized spacial score (nSPS) is 10.5. The van der Waals surface area contributed by atoms with Gasteiger partial charge in [-0.05, 0) is 31.2 Å². The zero-order chi connectivity index (χ0) is 22.3. The summed E-state index contributed by atoms with van der Waals surface area (Å²) >= 11 is 0. The molecule has 0 bridgehead atoms. The molecule has 0 radical (unpaired) electrons. The lowest BCUT2D eigenvalue weighted by atomic mass is 10.1. The molecule has 5 nitrogen and oxygen atoms in total. The summed E-state index contributed by atoms with van der Waals surface area (Å²) in [4.78, 5) is 19.8. The van der Waals surface area contributed by atoms with Crippen molar-refractivity contribution in [3.05, 3.63) is 97.1 Å². The van der Waals surface area contributed by atoms with Crippen LogP contribution in [0, 0.1) is 0 Å². The van der Waals surface area contributed by atoms with E-state index in [2.05, 4.69) is 23.7 Å². The Bertz CT molecular complexity index is 1200. The van der Waals surface area contributed by atoms with Gasteiger partial charge in [0.25, 0.3) is 0 Å². The number of rotatable bonds is 8. The first kappa shape index (κ1) is 21.1. The lowest BCUT2D eigenvalue weighted by molar-refractivity contribution is -0.139. The van der Waals surface area contributed by atoms with Crippen molar-refractivity contribution in [1.29, 1.82) is 0 Å². The zero-order valence-electron chi connectivity index (χ0n) is 17.9. The number of ether oxygens (including phenoxy) is 2. The van der Waals surface area contributed by atoms with Gasteiger partial charge in [0.05, 0.1) is 11.4 Å². The molecule has 0 saturated heterocycles. The van der Waals surface area contributed by atoms with E-state index in [0.717, 1.165) is 33.9 Å². The maximum Gasteiger partial charge on any atom is 0.333 e. The van der Waals surface area contributed by atoms with Crippen LogP contribution in [0.4, 0.5) is 0 Å². The van der Waals surface area contributed by atoms with E-state index in [9.17, 15) is 4.79 Å². The summed E-state index contributed by atoms with van der Waals surface area (Å²) in [5.41, 5.74) is 5.28. The number of carbonyl (C=O) groups excluding carboxylic acids is 1. The Morgan fingerprint density at radius 1 is 0.844 bits per heavy atom. The molecule has 1 aromatic heterocycles. The molecule has 0 spiro atoms. The topological polar surface area (TPSA) is 64.2 Å². The highest BCUT2D eigenvalue weighted by atomic mass is 16.6. The van der Waals surface area contributed by atoms with Crippen LogP contribution in [-0.2, 0) is 9.53 Å². The quantitative estimate of drug-likeness (QED) is 0.217. The molecular formula is C27H24N2O3. The third-order valence-corrected chi connectivity index (χ3v) is 4.87. The summed E-state index contributed by atoms with van der Waals surface area (Å²) < 4.78 is 10.7. The molecule has 32 heavy (non-hydrogen) atoms. The van der Waals surface area contributed by atoms with Crippen molar-refractivity contribution in [3.63, 3.8) is 0 Å². The maximum atomic E-state index is 11.4. The third kappa shape index (κ3) is 4.95. The lowest BCUT2D eigenvalue weighted by Gasteiger charge is -2.08. The molecule has 4 rings (SSSR count). The van der Waals surface area contributed by atoms with E-state index in [1.54, 1.807) is 6.92 Å². The molecule has 1 N–H and O–H groups in total. The van der Waals surface area contributed by atoms with Gasteiger partial charge in [0.2, 0.25) is 0 Å². The molecule has 1 heterocycles. The lowest BCUT2D eigenvalue weighted by Crippen LogP contribution is -2.12. The molecular weight excluding hydrogens is 400 g/mol. The average Bonchev–Trinajstić information content (AvgIpc) is 3.29. The highest BCUT2D eigenvalue weighted by Crippen LogP contribution is 2.33. The Morgan fingerprint density at radius 2 is 1.47 bits per heavy atom. The van der Waals surface area contributed by atoms with Crippen molar-refractivity contribution in [2.45, 2.75) is 6.92 Å². The first-order chi connectivity index (χ1) is 15.6. The van der Waals surface area contributed by atoms with Crippen molar-refractivity contribution < 1.29 is 14.3 Å². The van der Waals surface area contributed by atoms with Gasteiger partial charge in [0, 0.05) is 22.3 Å². The first-order valence-corrected chi connectivity index (χ1v) is 10.4. The largest absolute Gasteiger partial charge is 0.490 e. The molecule has 0 saturated carbocycles. The van der Waals surface area contributed by atoms with Crippen LogP contribution in [-0.4, -0.2) is 29.2 Å². The van der Waals surface area contributed by atoms with Crippen LogP contribution in [0.15, 0.2) is 97.1 Å². The monoisotopic (exact) mass is 424 g/mol. The molecule has 0 aliphatic rings. The Balaban J connectivity index is 1.55. The SMILES string of the molecule is C=C(C)C(=O)OCCOc1ccc(-c2[nH]c(-c3ccccc3)nc2-c2ccccc2)cc1. The summed E-state index contributed by atoms with van der Waals surface area (Å²) in [6.45, 7) is 5.62. The minimum Gasteiger partial charge on any atom is -0.490 e. The minimum absolute atomic E-state index is 0.173. The average molecular weight is 425 g/mol. The van der Waals surface area contributed by atoms with E-state index < -0.39 is 5.97 Å². The van der Waals surface area contributed by atoms with Gasteiger partial charge in [0.15, 0.2) is 0 Å². The molecule has 0 aliphatic carbocycles. The number of aromatic nitrogens is 2. The Hall–Kier alpha value is -4.12. The van der Waals surface area contributed by atoms with Crippen LogP contribution in [0.5, 0.6) is 5.75 Å². The Morgan fingerprint density at radius 3 is 2.09 bits per heavy atom. The first-order valence-electron chi connectivity index (χ1n) is 10.4. The number of hydrogen-bond donors (Lipinski definition) is 1.